The van der Waals surface area contributed by atoms with Gasteiger partial charge < -0.3 is 10.4 Å². The second kappa shape index (κ2) is 5.49. The Labute approximate surface area is 118 Å². The van der Waals surface area contributed by atoms with Crippen molar-refractivity contribution in [3.63, 3.8) is 0 Å². The molecule has 0 saturated carbocycles. The first-order valence-corrected chi connectivity index (χ1v) is 6.53. The first-order valence-electron chi connectivity index (χ1n) is 6.15. The molecule has 0 spiro atoms. The second-order valence-electron chi connectivity index (χ2n) is 4.78. The molecule has 0 aliphatic heterocycles. The van der Waals surface area contributed by atoms with Gasteiger partial charge in [0.1, 0.15) is 5.75 Å². The van der Waals surface area contributed by atoms with Crippen molar-refractivity contribution in [2.24, 2.45) is 0 Å². The highest BCUT2D eigenvalue weighted by Gasteiger charge is 2.12. The highest BCUT2D eigenvalue weighted by molar-refractivity contribution is 6.31. The maximum absolute atomic E-state index is 9.98. The molecule has 4 heteroatoms. The molecular formula is C15H17ClN2O. The van der Waals surface area contributed by atoms with E-state index in [1.54, 1.807) is 12.3 Å². The Kier molecular flexibility index (Phi) is 3.96. The summed E-state index contributed by atoms with van der Waals surface area (Å²) in [6.07, 6.45) is 1.72. The summed E-state index contributed by atoms with van der Waals surface area (Å²) in [5.41, 5.74) is 3.67. The number of hydrogen-bond donors (Lipinski definition) is 2. The lowest BCUT2D eigenvalue weighted by Crippen LogP contribution is -2.08. The van der Waals surface area contributed by atoms with Crippen molar-refractivity contribution >= 4 is 17.3 Å². The molecule has 19 heavy (non-hydrogen) atoms. The largest absolute Gasteiger partial charge is 0.508 e. The van der Waals surface area contributed by atoms with Crippen molar-refractivity contribution < 1.29 is 5.11 Å². The van der Waals surface area contributed by atoms with Crippen LogP contribution >= 0.6 is 11.6 Å². The van der Waals surface area contributed by atoms with Crippen molar-refractivity contribution in [1.29, 1.82) is 0 Å². The van der Waals surface area contributed by atoms with E-state index >= 15 is 0 Å². The quantitative estimate of drug-likeness (QED) is 0.825. The summed E-state index contributed by atoms with van der Waals surface area (Å²) in [7, 11) is 0. The van der Waals surface area contributed by atoms with Crippen LogP contribution in [-0.4, -0.2) is 10.1 Å². The Morgan fingerprint density at radius 1 is 1.21 bits per heavy atom. The molecule has 0 amide bonds. The third-order valence-corrected chi connectivity index (χ3v) is 3.30. The lowest BCUT2D eigenvalue weighted by Gasteiger charge is -2.18. The molecule has 100 valence electrons. The minimum absolute atomic E-state index is 0.0540. The third kappa shape index (κ3) is 3.18. The fourth-order valence-electron chi connectivity index (χ4n) is 1.98. The summed E-state index contributed by atoms with van der Waals surface area (Å²) in [5.74, 6) is 0.289. The molecule has 0 saturated heterocycles. The molecule has 1 heterocycles. The number of aryl methyl sites for hydroxylation is 2. The van der Waals surface area contributed by atoms with E-state index in [2.05, 4.69) is 10.3 Å². The SMILES string of the molecule is Cc1ccc(C(C)Nc2cc(C)cnc2Cl)c(O)c1. The van der Waals surface area contributed by atoms with Gasteiger partial charge in [-0.1, -0.05) is 23.7 Å². The monoisotopic (exact) mass is 276 g/mol. The van der Waals surface area contributed by atoms with Crippen LogP contribution in [0.25, 0.3) is 0 Å². The topological polar surface area (TPSA) is 45.2 Å². The fourth-order valence-corrected chi connectivity index (χ4v) is 2.14. The van der Waals surface area contributed by atoms with E-state index in [-0.39, 0.29) is 11.8 Å². The molecule has 1 aromatic heterocycles. The lowest BCUT2D eigenvalue weighted by atomic mass is 10.0. The van der Waals surface area contributed by atoms with Crippen molar-refractivity contribution in [2.45, 2.75) is 26.8 Å². The van der Waals surface area contributed by atoms with Gasteiger partial charge in [-0.2, -0.15) is 0 Å². The molecule has 0 aliphatic carbocycles. The van der Waals surface area contributed by atoms with Crippen molar-refractivity contribution in [3.05, 3.63) is 52.3 Å². The van der Waals surface area contributed by atoms with Crippen LogP contribution in [0.2, 0.25) is 5.15 Å². The van der Waals surface area contributed by atoms with Gasteiger partial charge in [0.05, 0.1) is 11.7 Å². The molecule has 2 N–H and O–H groups in total. The number of anilines is 1. The summed E-state index contributed by atoms with van der Waals surface area (Å²) >= 11 is 6.06. The van der Waals surface area contributed by atoms with E-state index in [0.29, 0.717) is 5.15 Å². The molecular weight excluding hydrogens is 260 g/mol. The number of aromatic nitrogens is 1. The van der Waals surface area contributed by atoms with Crippen LogP contribution in [0.4, 0.5) is 5.69 Å². The maximum atomic E-state index is 9.98. The highest BCUT2D eigenvalue weighted by atomic mass is 35.5. The van der Waals surface area contributed by atoms with Gasteiger partial charge in [0, 0.05) is 11.8 Å². The standard InChI is InChI=1S/C15H17ClN2O/c1-9-4-5-12(14(19)7-9)11(3)18-13-6-10(2)8-17-15(13)16/h4-8,11,18-19H,1-3H3. The molecule has 0 aliphatic rings. The van der Waals surface area contributed by atoms with Crippen LogP contribution in [0.5, 0.6) is 5.75 Å². The zero-order valence-corrected chi connectivity index (χ0v) is 12.0. The van der Waals surface area contributed by atoms with Crippen LogP contribution in [0.1, 0.15) is 29.7 Å². The molecule has 2 rings (SSSR count). The molecule has 1 atom stereocenters. The van der Waals surface area contributed by atoms with Crippen LogP contribution in [0.15, 0.2) is 30.5 Å². The van der Waals surface area contributed by atoms with Gasteiger partial charge in [-0.05, 0) is 44.0 Å². The molecule has 0 bridgehead atoms. The van der Waals surface area contributed by atoms with Crippen molar-refractivity contribution in [1.82, 2.24) is 4.98 Å². The Hall–Kier alpha value is -1.74. The number of phenolic OH excluding ortho intramolecular Hbond substituents is 1. The van der Waals surface area contributed by atoms with Crippen molar-refractivity contribution in [2.75, 3.05) is 5.32 Å². The molecule has 3 nitrogen and oxygen atoms in total. The van der Waals surface area contributed by atoms with E-state index in [0.717, 1.165) is 22.4 Å². The van der Waals surface area contributed by atoms with Gasteiger partial charge in [0.25, 0.3) is 0 Å². The van der Waals surface area contributed by atoms with Crippen LogP contribution in [-0.2, 0) is 0 Å². The molecule has 0 fully saturated rings. The van der Waals surface area contributed by atoms with Crippen LogP contribution < -0.4 is 5.32 Å². The summed E-state index contributed by atoms with van der Waals surface area (Å²) in [6.45, 7) is 5.88. The minimum Gasteiger partial charge on any atom is -0.508 e. The number of nitrogens with zero attached hydrogens (tertiary/aromatic N) is 1. The van der Waals surface area contributed by atoms with Gasteiger partial charge in [0.2, 0.25) is 0 Å². The molecule has 0 radical (unpaired) electrons. The predicted molar refractivity (Wildman–Crippen MR) is 78.9 cm³/mol. The van der Waals surface area contributed by atoms with Crippen molar-refractivity contribution in [3.8, 4) is 5.75 Å². The molecule has 1 unspecified atom stereocenters. The number of halogens is 1. The third-order valence-electron chi connectivity index (χ3n) is 3.00. The Balaban J connectivity index is 2.25. The van der Waals surface area contributed by atoms with E-state index in [1.165, 1.54) is 0 Å². The number of rotatable bonds is 3. The van der Waals surface area contributed by atoms with Gasteiger partial charge in [-0.3, -0.25) is 0 Å². The first-order chi connectivity index (χ1) is 8.97. The average molecular weight is 277 g/mol. The summed E-state index contributed by atoms with van der Waals surface area (Å²) in [4.78, 5) is 4.10. The summed E-state index contributed by atoms with van der Waals surface area (Å²) < 4.78 is 0. The molecule has 2 aromatic rings. The van der Waals surface area contributed by atoms with Gasteiger partial charge in [-0.25, -0.2) is 4.98 Å². The van der Waals surface area contributed by atoms with Gasteiger partial charge in [-0.15, -0.1) is 0 Å². The lowest BCUT2D eigenvalue weighted by molar-refractivity contribution is 0.465. The fraction of sp³-hybridized carbons (Fsp3) is 0.267. The summed E-state index contributed by atoms with van der Waals surface area (Å²) in [6, 6.07) is 7.53. The van der Waals surface area contributed by atoms with Crippen LogP contribution in [0.3, 0.4) is 0 Å². The number of nitrogens with one attached hydrogen (secondary N) is 1. The predicted octanol–water partition coefficient (Wildman–Crippen LogP) is 4.23. The van der Waals surface area contributed by atoms with Gasteiger partial charge >= 0.3 is 0 Å². The number of phenols is 1. The number of aromatic hydroxyl groups is 1. The Morgan fingerprint density at radius 3 is 2.63 bits per heavy atom. The zero-order chi connectivity index (χ0) is 14.0. The average Bonchev–Trinajstić information content (AvgIpc) is 2.33. The van der Waals surface area contributed by atoms with E-state index in [4.69, 9.17) is 11.6 Å². The highest BCUT2D eigenvalue weighted by Crippen LogP contribution is 2.30. The Bertz CT molecular complexity index is 599. The normalized spacial score (nSPS) is 12.2. The number of pyridine rings is 1. The maximum Gasteiger partial charge on any atom is 0.152 e. The Morgan fingerprint density at radius 2 is 1.95 bits per heavy atom. The van der Waals surface area contributed by atoms with E-state index in [1.807, 2.05) is 39.0 Å². The number of benzene rings is 1. The smallest absolute Gasteiger partial charge is 0.152 e. The second-order valence-corrected chi connectivity index (χ2v) is 5.14. The van der Waals surface area contributed by atoms with E-state index < -0.39 is 0 Å². The van der Waals surface area contributed by atoms with E-state index in [9.17, 15) is 5.11 Å². The minimum atomic E-state index is -0.0540. The van der Waals surface area contributed by atoms with Crippen LogP contribution in [0, 0.1) is 13.8 Å². The zero-order valence-electron chi connectivity index (χ0n) is 11.2. The number of hydrogen-bond acceptors (Lipinski definition) is 3. The summed E-state index contributed by atoms with van der Waals surface area (Å²) in [5, 5.41) is 13.7. The first kappa shape index (κ1) is 13.7. The molecule has 1 aromatic carbocycles. The van der Waals surface area contributed by atoms with Gasteiger partial charge in [0.15, 0.2) is 5.15 Å².